The van der Waals surface area contributed by atoms with Gasteiger partial charge in [-0.2, -0.15) is 0 Å². The Morgan fingerprint density at radius 1 is 1.50 bits per heavy atom. The third kappa shape index (κ3) is 1.95. The quantitative estimate of drug-likeness (QED) is 0.663. The number of nitrogens with zero attached hydrogens (tertiary/aromatic N) is 1. The van der Waals surface area contributed by atoms with Gasteiger partial charge in [-0.1, -0.05) is 6.07 Å². The molecular weight excluding hydrogens is 150 g/mol. The molecule has 0 amide bonds. The lowest BCUT2D eigenvalue weighted by Crippen LogP contribution is -1.78. The molecule has 0 saturated carbocycles. The number of phenols is 1. The highest BCUT2D eigenvalue weighted by Crippen LogP contribution is 2.16. The van der Waals surface area contributed by atoms with Crippen LogP contribution in [0, 0.1) is 6.92 Å². The van der Waals surface area contributed by atoms with Crippen molar-refractivity contribution in [3.63, 3.8) is 0 Å². The SMILES string of the molecule is C=N/C=C\c1cc(O)ccc1C. The second-order valence-corrected chi connectivity index (χ2v) is 2.54. The average molecular weight is 161 g/mol. The zero-order valence-electron chi connectivity index (χ0n) is 6.99. The summed E-state index contributed by atoms with van der Waals surface area (Å²) in [4.78, 5) is 3.59. The van der Waals surface area contributed by atoms with E-state index < -0.39 is 0 Å². The molecule has 1 N–H and O–H groups in total. The van der Waals surface area contributed by atoms with Gasteiger partial charge in [-0.15, -0.1) is 0 Å². The number of aryl methyl sites for hydroxylation is 1. The van der Waals surface area contributed by atoms with Gasteiger partial charge in [0.2, 0.25) is 0 Å². The van der Waals surface area contributed by atoms with Gasteiger partial charge in [0.1, 0.15) is 5.75 Å². The van der Waals surface area contributed by atoms with Gasteiger partial charge in [0.15, 0.2) is 0 Å². The zero-order chi connectivity index (χ0) is 8.97. The molecule has 1 aromatic rings. The molecule has 62 valence electrons. The summed E-state index contributed by atoms with van der Waals surface area (Å²) in [5, 5.41) is 9.16. The summed E-state index contributed by atoms with van der Waals surface area (Å²) in [5.74, 6) is 0.268. The molecule has 0 aliphatic heterocycles. The molecule has 2 nitrogen and oxygen atoms in total. The van der Waals surface area contributed by atoms with Crippen LogP contribution in [0.15, 0.2) is 29.4 Å². The topological polar surface area (TPSA) is 32.6 Å². The smallest absolute Gasteiger partial charge is 0.116 e. The lowest BCUT2D eigenvalue weighted by molar-refractivity contribution is 0.475. The molecule has 1 rings (SSSR count). The molecule has 0 radical (unpaired) electrons. The van der Waals surface area contributed by atoms with Crippen molar-refractivity contribution in [2.24, 2.45) is 4.99 Å². The molecule has 0 aliphatic rings. The lowest BCUT2D eigenvalue weighted by atomic mass is 10.1. The van der Waals surface area contributed by atoms with E-state index in [-0.39, 0.29) is 5.75 Å². The van der Waals surface area contributed by atoms with Crippen LogP contribution in [-0.4, -0.2) is 11.8 Å². The number of rotatable bonds is 2. The molecular formula is C10H11NO. The van der Waals surface area contributed by atoms with Crippen LogP contribution in [0.5, 0.6) is 5.75 Å². The summed E-state index contributed by atoms with van der Waals surface area (Å²) < 4.78 is 0. The van der Waals surface area contributed by atoms with Crippen LogP contribution < -0.4 is 0 Å². The summed E-state index contributed by atoms with van der Waals surface area (Å²) in [5.41, 5.74) is 2.06. The predicted octanol–water partition coefficient (Wildman–Crippen LogP) is 2.37. The average Bonchev–Trinajstić information content (AvgIpc) is 2.07. The Hall–Kier alpha value is -1.57. The molecule has 0 atom stereocenters. The Morgan fingerprint density at radius 2 is 2.25 bits per heavy atom. The number of aromatic hydroxyl groups is 1. The number of hydrogen-bond donors (Lipinski definition) is 1. The predicted molar refractivity (Wildman–Crippen MR) is 51.4 cm³/mol. The maximum absolute atomic E-state index is 9.16. The molecule has 2 heteroatoms. The maximum Gasteiger partial charge on any atom is 0.116 e. The van der Waals surface area contributed by atoms with Crippen molar-refractivity contribution in [1.82, 2.24) is 0 Å². The fourth-order valence-electron chi connectivity index (χ4n) is 0.940. The Kier molecular flexibility index (Phi) is 2.64. The first kappa shape index (κ1) is 8.53. The normalized spacial score (nSPS) is 10.4. The van der Waals surface area contributed by atoms with Crippen LogP contribution in [0.3, 0.4) is 0 Å². The van der Waals surface area contributed by atoms with Crippen LogP contribution in [0.25, 0.3) is 6.08 Å². The van der Waals surface area contributed by atoms with E-state index in [1.54, 1.807) is 18.3 Å². The van der Waals surface area contributed by atoms with Crippen LogP contribution in [0.4, 0.5) is 0 Å². The minimum atomic E-state index is 0.268. The van der Waals surface area contributed by atoms with E-state index >= 15 is 0 Å². The lowest BCUT2D eigenvalue weighted by Gasteiger charge is -1.99. The van der Waals surface area contributed by atoms with Crippen LogP contribution in [0.1, 0.15) is 11.1 Å². The van der Waals surface area contributed by atoms with Crippen molar-refractivity contribution in [2.45, 2.75) is 6.92 Å². The van der Waals surface area contributed by atoms with Gasteiger partial charge in [0.25, 0.3) is 0 Å². The van der Waals surface area contributed by atoms with Gasteiger partial charge in [0, 0.05) is 6.20 Å². The van der Waals surface area contributed by atoms with Crippen molar-refractivity contribution in [1.29, 1.82) is 0 Å². The molecule has 12 heavy (non-hydrogen) atoms. The number of hydrogen-bond acceptors (Lipinski definition) is 2. The van der Waals surface area contributed by atoms with Crippen LogP contribution in [0.2, 0.25) is 0 Å². The van der Waals surface area contributed by atoms with Crippen molar-refractivity contribution in [2.75, 3.05) is 0 Å². The number of phenolic OH excluding ortho intramolecular Hbond substituents is 1. The summed E-state index contributed by atoms with van der Waals surface area (Å²) in [7, 11) is 0. The van der Waals surface area contributed by atoms with E-state index in [1.165, 1.54) is 0 Å². The van der Waals surface area contributed by atoms with Crippen LogP contribution >= 0.6 is 0 Å². The highest BCUT2D eigenvalue weighted by molar-refractivity contribution is 5.56. The highest BCUT2D eigenvalue weighted by Gasteiger charge is 1.94. The van der Waals surface area contributed by atoms with E-state index in [0.717, 1.165) is 11.1 Å². The molecule has 0 aromatic heterocycles. The van der Waals surface area contributed by atoms with Crippen LogP contribution in [-0.2, 0) is 0 Å². The molecule has 0 aliphatic carbocycles. The molecule has 0 saturated heterocycles. The van der Waals surface area contributed by atoms with E-state index in [4.69, 9.17) is 5.11 Å². The van der Waals surface area contributed by atoms with E-state index in [9.17, 15) is 0 Å². The maximum atomic E-state index is 9.16. The first-order valence-corrected chi connectivity index (χ1v) is 3.66. The van der Waals surface area contributed by atoms with Gasteiger partial charge in [-0.25, -0.2) is 0 Å². The van der Waals surface area contributed by atoms with E-state index in [2.05, 4.69) is 11.7 Å². The Morgan fingerprint density at radius 3 is 2.92 bits per heavy atom. The molecule has 0 spiro atoms. The monoisotopic (exact) mass is 161 g/mol. The van der Waals surface area contributed by atoms with Crippen molar-refractivity contribution < 1.29 is 5.11 Å². The summed E-state index contributed by atoms with van der Waals surface area (Å²) in [6.45, 7) is 5.30. The highest BCUT2D eigenvalue weighted by atomic mass is 16.3. The fraction of sp³-hybridized carbons (Fsp3) is 0.100. The molecule has 0 unspecified atom stereocenters. The third-order valence-electron chi connectivity index (χ3n) is 1.62. The summed E-state index contributed by atoms with van der Waals surface area (Å²) >= 11 is 0. The minimum absolute atomic E-state index is 0.268. The fourth-order valence-corrected chi connectivity index (χ4v) is 0.940. The second kappa shape index (κ2) is 3.72. The van der Waals surface area contributed by atoms with Gasteiger partial charge >= 0.3 is 0 Å². The first-order valence-electron chi connectivity index (χ1n) is 3.66. The molecule has 0 bridgehead atoms. The Bertz CT molecular complexity index is 316. The van der Waals surface area contributed by atoms with E-state index in [1.807, 2.05) is 19.1 Å². The van der Waals surface area contributed by atoms with Gasteiger partial charge < -0.3 is 5.11 Å². The minimum Gasteiger partial charge on any atom is -0.508 e. The van der Waals surface area contributed by atoms with Crippen molar-refractivity contribution in [3.05, 3.63) is 35.5 Å². The van der Waals surface area contributed by atoms with Crippen molar-refractivity contribution >= 4 is 12.8 Å². The number of benzene rings is 1. The molecule has 0 fully saturated rings. The second-order valence-electron chi connectivity index (χ2n) is 2.54. The number of aliphatic imine (C=N–C) groups is 1. The summed E-state index contributed by atoms with van der Waals surface area (Å²) in [6.07, 6.45) is 3.41. The molecule has 0 heterocycles. The first-order chi connectivity index (χ1) is 5.74. The van der Waals surface area contributed by atoms with Gasteiger partial charge in [-0.3, -0.25) is 4.99 Å². The van der Waals surface area contributed by atoms with Gasteiger partial charge in [-0.05, 0) is 43.0 Å². The van der Waals surface area contributed by atoms with E-state index in [0.29, 0.717) is 0 Å². The largest absolute Gasteiger partial charge is 0.508 e. The standard InChI is InChI=1S/C10H11NO/c1-8-3-4-10(12)7-9(8)5-6-11-2/h3-7,12H,2H2,1H3/b6-5-. The Balaban J connectivity index is 3.04. The third-order valence-corrected chi connectivity index (χ3v) is 1.62. The zero-order valence-corrected chi connectivity index (χ0v) is 6.99. The molecule has 1 aromatic carbocycles. The van der Waals surface area contributed by atoms with Gasteiger partial charge in [0.05, 0.1) is 0 Å². The van der Waals surface area contributed by atoms with Crippen molar-refractivity contribution in [3.8, 4) is 5.75 Å². The Labute approximate surface area is 71.9 Å². The summed E-state index contributed by atoms with van der Waals surface area (Å²) in [6, 6.07) is 5.21.